The van der Waals surface area contributed by atoms with Crippen LogP contribution in [0.3, 0.4) is 0 Å². The Bertz CT molecular complexity index is 1180. The lowest BCUT2D eigenvalue weighted by molar-refractivity contribution is -0.117. The van der Waals surface area contributed by atoms with Crippen molar-refractivity contribution in [3.05, 3.63) is 77.7 Å². The van der Waals surface area contributed by atoms with E-state index in [4.69, 9.17) is 4.74 Å². The number of benzene rings is 1. The Morgan fingerprint density at radius 2 is 2.16 bits per heavy atom. The van der Waals surface area contributed by atoms with E-state index >= 15 is 0 Å². The number of aromatic nitrogens is 3. The molecule has 0 fully saturated rings. The molecule has 2 aromatic heterocycles. The van der Waals surface area contributed by atoms with Crippen molar-refractivity contribution in [1.29, 1.82) is 0 Å². The minimum absolute atomic E-state index is 0.209. The van der Waals surface area contributed by atoms with E-state index < -0.39 is 6.04 Å². The lowest BCUT2D eigenvalue weighted by Gasteiger charge is -2.36. The standard InChI is InChI=1S/C23H25FN6O2/c1-14-21-19(29(3)22(15(2)32-4)23(31)28-21)9-20(27-14)25-10-16-11-26-30(12-16)13-17-7-5-6-8-18(17)24/h5-9,11-12,22H,2,10,13H2,1,3-4H3,(H,25,27)(H,28,31). The third kappa shape index (κ3) is 4.14. The monoisotopic (exact) mass is 436 g/mol. The summed E-state index contributed by atoms with van der Waals surface area (Å²) in [6.07, 6.45) is 3.61. The number of nitrogens with one attached hydrogen (secondary N) is 2. The van der Waals surface area contributed by atoms with Crippen molar-refractivity contribution in [3.8, 4) is 0 Å². The normalized spacial score (nSPS) is 15.2. The van der Waals surface area contributed by atoms with Gasteiger partial charge in [-0.15, -0.1) is 0 Å². The Hall–Kier alpha value is -3.88. The number of carbonyl (C=O) groups excluding carboxylic acids is 1. The predicted molar refractivity (Wildman–Crippen MR) is 121 cm³/mol. The number of fused-ring (bicyclic) bond motifs is 1. The summed E-state index contributed by atoms with van der Waals surface area (Å²) in [7, 11) is 3.32. The molecule has 0 saturated heterocycles. The first-order valence-corrected chi connectivity index (χ1v) is 10.1. The molecule has 1 amide bonds. The number of methoxy groups -OCH3 is 1. The lowest BCUT2D eigenvalue weighted by atomic mass is 10.1. The van der Waals surface area contributed by atoms with Crippen LogP contribution in [-0.2, 0) is 22.6 Å². The smallest absolute Gasteiger partial charge is 0.255 e. The highest BCUT2D eigenvalue weighted by atomic mass is 19.1. The Morgan fingerprint density at radius 1 is 1.38 bits per heavy atom. The van der Waals surface area contributed by atoms with Crippen LogP contribution in [0.1, 0.15) is 16.8 Å². The summed E-state index contributed by atoms with van der Waals surface area (Å²) in [5, 5.41) is 10.5. The average molecular weight is 436 g/mol. The van der Waals surface area contributed by atoms with E-state index in [1.165, 1.54) is 13.2 Å². The van der Waals surface area contributed by atoms with Crippen LogP contribution >= 0.6 is 0 Å². The number of carbonyl (C=O) groups is 1. The predicted octanol–water partition coefficient (Wildman–Crippen LogP) is 3.30. The molecule has 0 spiro atoms. The zero-order chi connectivity index (χ0) is 22.8. The molecule has 4 rings (SSSR count). The molecule has 2 N–H and O–H groups in total. The van der Waals surface area contributed by atoms with Crippen LogP contribution in [0.15, 0.2) is 55.1 Å². The van der Waals surface area contributed by atoms with Crippen molar-refractivity contribution < 1.29 is 13.9 Å². The molecule has 0 aliphatic carbocycles. The third-order valence-corrected chi connectivity index (χ3v) is 5.46. The lowest BCUT2D eigenvalue weighted by Crippen LogP contribution is -2.47. The molecular weight excluding hydrogens is 411 g/mol. The fraction of sp³-hybridized carbons (Fsp3) is 0.261. The van der Waals surface area contributed by atoms with Crippen LogP contribution in [0.4, 0.5) is 21.6 Å². The molecule has 3 heterocycles. The number of amides is 1. The topological polar surface area (TPSA) is 84.3 Å². The molecule has 0 saturated carbocycles. The van der Waals surface area contributed by atoms with Crippen LogP contribution in [-0.4, -0.2) is 40.9 Å². The van der Waals surface area contributed by atoms with E-state index in [1.54, 1.807) is 29.1 Å². The van der Waals surface area contributed by atoms with E-state index in [-0.39, 0.29) is 11.7 Å². The highest BCUT2D eigenvalue weighted by Crippen LogP contribution is 2.36. The first-order chi connectivity index (χ1) is 15.4. The van der Waals surface area contributed by atoms with Crippen LogP contribution in [0.2, 0.25) is 0 Å². The molecule has 0 bridgehead atoms. The van der Waals surface area contributed by atoms with Gasteiger partial charge in [0, 0.05) is 37.0 Å². The van der Waals surface area contributed by atoms with Crippen LogP contribution in [0.25, 0.3) is 0 Å². The molecule has 1 atom stereocenters. The minimum atomic E-state index is -0.626. The number of rotatable bonds is 7. The summed E-state index contributed by atoms with van der Waals surface area (Å²) in [4.78, 5) is 18.9. The van der Waals surface area contributed by atoms with Crippen molar-refractivity contribution >= 4 is 23.1 Å². The van der Waals surface area contributed by atoms with E-state index in [0.29, 0.717) is 41.6 Å². The highest BCUT2D eigenvalue weighted by Gasteiger charge is 2.35. The van der Waals surface area contributed by atoms with E-state index in [1.807, 2.05) is 31.1 Å². The maximum atomic E-state index is 13.9. The Morgan fingerprint density at radius 3 is 2.91 bits per heavy atom. The van der Waals surface area contributed by atoms with Gasteiger partial charge < -0.3 is 20.3 Å². The Kier molecular flexibility index (Phi) is 5.81. The molecule has 1 aliphatic heterocycles. The maximum Gasteiger partial charge on any atom is 0.255 e. The van der Waals surface area contributed by atoms with Crippen molar-refractivity contribution in [2.24, 2.45) is 0 Å². The second-order valence-electron chi connectivity index (χ2n) is 7.65. The van der Waals surface area contributed by atoms with Crippen LogP contribution < -0.4 is 15.5 Å². The van der Waals surface area contributed by atoms with Gasteiger partial charge in [-0.2, -0.15) is 5.10 Å². The van der Waals surface area contributed by atoms with Crippen molar-refractivity contribution in [1.82, 2.24) is 14.8 Å². The minimum Gasteiger partial charge on any atom is -0.499 e. The van der Waals surface area contributed by atoms with Gasteiger partial charge in [-0.3, -0.25) is 9.48 Å². The molecule has 0 radical (unpaired) electrons. The summed E-state index contributed by atoms with van der Waals surface area (Å²) < 4.78 is 20.8. The Labute approximate surface area is 185 Å². The second-order valence-corrected chi connectivity index (χ2v) is 7.65. The molecule has 8 nitrogen and oxygen atoms in total. The zero-order valence-electron chi connectivity index (χ0n) is 18.2. The van der Waals surface area contributed by atoms with Gasteiger partial charge in [-0.25, -0.2) is 9.37 Å². The fourth-order valence-corrected chi connectivity index (χ4v) is 3.74. The molecule has 166 valence electrons. The van der Waals surface area contributed by atoms with Crippen molar-refractivity contribution in [2.75, 3.05) is 29.7 Å². The molecule has 1 aromatic carbocycles. The number of hydrogen-bond donors (Lipinski definition) is 2. The Balaban J connectivity index is 1.48. The largest absolute Gasteiger partial charge is 0.499 e. The van der Waals surface area contributed by atoms with Gasteiger partial charge in [-0.1, -0.05) is 24.8 Å². The first kappa shape index (κ1) is 21.4. The molecule has 9 heteroatoms. The fourth-order valence-electron chi connectivity index (χ4n) is 3.74. The molecule has 32 heavy (non-hydrogen) atoms. The average Bonchev–Trinajstić information content (AvgIpc) is 3.22. The number of halogens is 1. The van der Waals surface area contributed by atoms with Crippen molar-refractivity contribution in [3.63, 3.8) is 0 Å². The third-order valence-electron chi connectivity index (χ3n) is 5.46. The molecular formula is C23H25FN6O2. The van der Waals surface area contributed by atoms with Crippen molar-refractivity contribution in [2.45, 2.75) is 26.1 Å². The molecule has 1 unspecified atom stereocenters. The van der Waals surface area contributed by atoms with Gasteiger partial charge in [0.15, 0.2) is 6.04 Å². The van der Waals surface area contributed by atoms with Gasteiger partial charge in [0.1, 0.15) is 17.4 Å². The number of anilines is 3. The summed E-state index contributed by atoms with van der Waals surface area (Å²) in [5.41, 5.74) is 3.70. The van der Waals surface area contributed by atoms with E-state index in [9.17, 15) is 9.18 Å². The number of likely N-dealkylation sites (N-methyl/N-ethyl adjacent to an activating group) is 1. The van der Waals surface area contributed by atoms with Gasteiger partial charge in [0.2, 0.25) is 0 Å². The van der Waals surface area contributed by atoms with Gasteiger partial charge in [0.05, 0.1) is 36.9 Å². The van der Waals surface area contributed by atoms with Gasteiger partial charge in [-0.05, 0) is 13.0 Å². The van der Waals surface area contributed by atoms with Crippen LogP contribution in [0, 0.1) is 12.7 Å². The molecule has 1 aliphatic rings. The number of nitrogens with zero attached hydrogens (tertiary/aromatic N) is 4. The summed E-state index contributed by atoms with van der Waals surface area (Å²) in [6, 6.07) is 7.91. The quantitative estimate of drug-likeness (QED) is 0.553. The maximum absolute atomic E-state index is 13.9. The van der Waals surface area contributed by atoms with Gasteiger partial charge in [0.25, 0.3) is 5.91 Å². The number of hydrogen-bond acceptors (Lipinski definition) is 6. The summed E-state index contributed by atoms with van der Waals surface area (Å²) >= 11 is 0. The SMILES string of the molecule is C=C(OC)C1C(=O)Nc2c(cc(NCc3cnn(Cc4ccccc4F)c3)nc2C)N1C. The zero-order valence-corrected chi connectivity index (χ0v) is 18.2. The number of pyridine rings is 1. The van der Waals surface area contributed by atoms with Crippen LogP contribution in [0.5, 0.6) is 0 Å². The summed E-state index contributed by atoms with van der Waals surface area (Å²) in [6.45, 7) is 6.54. The number of aryl methyl sites for hydroxylation is 1. The van der Waals surface area contributed by atoms with Gasteiger partial charge >= 0.3 is 0 Å². The van der Waals surface area contributed by atoms with E-state index in [2.05, 4.69) is 27.3 Å². The molecule has 3 aromatic rings. The highest BCUT2D eigenvalue weighted by molar-refractivity contribution is 6.05. The number of ether oxygens (including phenoxy) is 1. The van der Waals surface area contributed by atoms with E-state index in [0.717, 1.165) is 11.3 Å². The second kappa shape index (κ2) is 8.70. The summed E-state index contributed by atoms with van der Waals surface area (Å²) in [5.74, 6) is 0.566. The first-order valence-electron chi connectivity index (χ1n) is 10.1.